The molecule has 2 atom stereocenters. The van der Waals surface area contributed by atoms with Gasteiger partial charge in [-0.1, -0.05) is 6.92 Å². The van der Waals surface area contributed by atoms with Crippen molar-refractivity contribution in [2.75, 3.05) is 0 Å². The molecule has 1 heterocycles. The lowest BCUT2D eigenvalue weighted by Gasteiger charge is -2.19. The molecule has 0 fully saturated rings. The molecule has 1 aliphatic rings. The Morgan fingerprint density at radius 3 is 3.07 bits per heavy atom. The molecule has 0 spiro atoms. The summed E-state index contributed by atoms with van der Waals surface area (Å²) in [6, 6.07) is 4.76. The first-order valence-electron chi connectivity index (χ1n) is 4.77. The lowest BCUT2D eigenvalue weighted by atomic mass is 10.00. The van der Waals surface area contributed by atoms with Crippen LogP contribution in [0.5, 0.6) is 11.5 Å². The van der Waals surface area contributed by atoms with E-state index < -0.39 is 18.0 Å². The predicted octanol–water partition coefficient (Wildman–Crippen LogP) is 0.0817. The minimum atomic E-state index is -1.11. The van der Waals surface area contributed by atoms with E-state index in [-0.39, 0.29) is 5.75 Å². The topological polar surface area (TPSA) is 69.6 Å². The highest BCUT2D eigenvalue weighted by atomic mass is 16.5. The van der Waals surface area contributed by atoms with Crippen LogP contribution >= 0.6 is 0 Å². The lowest BCUT2D eigenvalue weighted by Crippen LogP contribution is -2.38. The van der Waals surface area contributed by atoms with Crippen molar-refractivity contribution in [1.82, 2.24) is 0 Å². The first-order valence-corrected chi connectivity index (χ1v) is 4.77. The van der Waals surface area contributed by atoms with Crippen molar-refractivity contribution in [3.63, 3.8) is 0 Å². The van der Waals surface area contributed by atoms with Gasteiger partial charge in [-0.05, 0) is 18.2 Å². The number of aromatic hydroxyl groups is 1. The van der Waals surface area contributed by atoms with Gasteiger partial charge in [0.1, 0.15) is 17.6 Å². The third-order valence-electron chi connectivity index (χ3n) is 2.67. The Labute approximate surface area is 87.1 Å². The quantitative estimate of drug-likeness (QED) is 0.745. The number of rotatable bonds is 2. The summed E-state index contributed by atoms with van der Waals surface area (Å²) in [6.07, 6.45) is 0.102. The van der Waals surface area contributed by atoms with Crippen molar-refractivity contribution in [2.24, 2.45) is 5.92 Å². The molecule has 0 saturated carbocycles. The fourth-order valence-electron chi connectivity index (χ4n) is 1.69. The maximum Gasteiger partial charge on any atom is 0.123 e. The summed E-state index contributed by atoms with van der Waals surface area (Å²) in [5.41, 5.74) is 0.841. The highest BCUT2D eigenvalue weighted by molar-refractivity contribution is 5.68. The van der Waals surface area contributed by atoms with Gasteiger partial charge in [0.25, 0.3) is 0 Å². The number of carbonyl (C=O) groups is 1. The van der Waals surface area contributed by atoms with Crippen LogP contribution in [-0.4, -0.2) is 17.2 Å². The fourth-order valence-corrected chi connectivity index (χ4v) is 1.69. The van der Waals surface area contributed by atoms with Crippen molar-refractivity contribution in [2.45, 2.75) is 19.4 Å². The normalized spacial score (nSPS) is 20.5. The van der Waals surface area contributed by atoms with Gasteiger partial charge in [0.05, 0.1) is 0 Å². The summed E-state index contributed by atoms with van der Waals surface area (Å²) in [7, 11) is 0. The number of ether oxygens (including phenoxy) is 1. The van der Waals surface area contributed by atoms with E-state index >= 15 is 0 Å². The summed E-state index contributed by atoms with van der Waals surface area (Å²) < 4.78 is 5.45. The number of hydrogen-bond donors (Lipinski definition) is 1. The van der Waals surface area contributed by atoms with Crippen LogP contribution in [0.15, 0.2) is 18.2 Å². The van der Waals surface area contributed by atoms with Crippen LogP contribution in [0, 0.1) is 5.92 Å². The molecule has 0 saturated heterocycles. The molecular weight excluding hydrogens is 196 g/mol. The van der Waals surface area contributed by atoms with Crippen molar-refractivity contribution >= 4 is 5.97 Å². The van der Waals surface area contributed by atoms with Gasteiger partial charge >= 0.3 is 0 Å². The number of aliphatic carboxylic acids is 1. The Kier molecular flexibility index (Phi) is 2.26. The van der Waals surface area contributed by atoms with Crippen LogP contribution in [0.1, 0.15) is 12.5 Å². The Morgan fingerprint density at radius 1 is 1.67 bits per heavy atom. The molecule has 4 nitrogen and oxygen atoms in total. The zero-order chi connectivity index (χ0) is 11.0. The second-order valence-corrected chi connectivity index (χ2v) is 3.76. The number of fused-ring (bicyclic) bond motifs is 1. The molecule has 1 aromatic carbocycles. The fraction of sp³-hybridized carbons (Fsp3) is 0.364. The van der Waals surface area contributed by atoms with Gasteiger partial charge in [-0.15, -0.1) is 0 Å². The minimum absolute atomic E-state index is 0.166. The van der Waals surface area contributed by atoms with Crippen LogP contribution in [0.25, 0.3) is 0 Å². The van der Waals surface area contributed by atoms with Gasteiger partial charge < -0.3 is 19.7 Å². The Morgan fingerprint density at radius 2 is 2.40 bits per heavy atom. The second-order valence-electron chi connectivity index (χ2n) is 3.76. The first-order chi connectivity index (χ1) is 7.08. The van der Waals surface area contributed by atoms with E-state index in [0.29, 0.717) is 12.2 Å². The van der Waals surface area contributed by atoms with E-state index in [1.165, 1.54) is 6.07 Å². The summed E-state index contributed by atoms with van der Waals surface area (Å²) >= 11 is 0. The molecular formula is C11H11O4-. The average Bonchev–Trinajstić information content (AvgIpc) is 2.58. The lowest BCUT2D eigenvalue weighted by molar-refractivity contribution is -0.313. The number of carboxylic acids is 1. The van der Waals surface area contributed by atoms with E-state index in [1.54, 1.807) is 19.1 Å². The number of carboxylic acid groups (broad SMARTS) is 1. The highest BCUT2D eigenvalue weighted by Crippen LogP contribution is 2.33. The molecule has 0 amide bonds. The average molecular weight is 207 g/mol. The molecule has 1 aliphatic heterocycles. The highest BCUT2D eigenvalue weighted by Gasteiger charge is 2.28. The van der Waals surface area contributed by atoms with Crippen molar-refractivity contribution in [3.8, 4) is 11.5 Å². The molecule has 1 aromatic rings. The molecule has 4 heteroatoms. The third kappa shape index (κ3) is 1.75. The van der Waals surface area contributed by atoms with E-state index in [9.17, 15) is 15.0 Å². The molecule has 80 valence electrons. The SMILES string of the molecule is CC(C(=O)[O-])C1Cc2cc(O)ccc2O1. The first kappa shape index (κ1) is 9.83. The van der Waals surface area contributed by atoms with E-state index in [2.05, 4.69) is 0 Å². The van der Waals surface area contributed by atoms with Crippen LogP contribution in [0.3, 0.4) is 0 Å². The van der Waals surface area contributed by atoms with Crippen LogP contribution in [0.2, 0.25) is 0 Å². The van der Waals surface area contributed by atoms with Gasteiger partial charge in [-0.2, -0.15) is 0 Å². The molecule has 2 rings (SSSR count). The monoisotopic (exact) mass is 207 g/mol. The molecule has 0 aromatic heterocycles. The van der Waals surface area contributed by atoms with Gasteiger partial charge in [0, 0.05) is 23.9 Å². The van der Waals surface area contributed by atoms with Crippen molar-refractivity contribution < 1.29 is 19.7 Å². The molecule has 0 aliphatic carbocycles. The Hall–Kier alpha value is -1.71. The maximum absolute atomic E-state index is 10.7. The maximum atomic E-state index is 10.7. The molecule has 0 radical (unpaired) electrons. The molecule has 0 bridgehead atoms. The Balaban J connectivity index is 2.19. The zero-order valence-corrected chi connectivity index (χ0v) is 8.27. The predicted molar refractivity (Wildman–Crippen MR) is 50.4 cm³/mol. The number of phenolic OH excluding ortho intramolecular Hbond substituents is 1. The number of carbonyl (C=O) groups excluding carboxylic acids is 1. The van der Waals surface area contributed by atoms with Crippen LogP contribution < -0.4 is 9.84 Å². The van der Waals surface area contributed by atoms with Gasteiger partial charge in [0.2, 0.25) is 0 Å². The number of benzene rings is 1. The summed E-state index contributed by atoms with van der Waals surface area (Å²) in [5, 5.41) is 19.9. The van der Waals surface area contributed by atoms with Crippen LogP contribution in [0.4, 0.5) is 0 Å². The molecule has 2 unspecified atom stereocenters. The zero-order valence-electron chi connectivity index (χ0n) is 8.27. The van der Waals surface area contributed by atoms with Gasteiger partial charge in [0.15, 0.2) is 0 Å². The van der Waals surface area contributed by atoms with Crippen molar-refractivity contribution in [1.29, 1.82) is 0 Å². The second kappa shape index (κ2) is 3.46. The summed E-state index contributed by atoms with van der Waals surface area (Å²) in [6.45, 7) is 1.56. The minimum Gasteiger partial charge on any atom is -0.550 e. The summed E-state index contributed by atoms with van der Waals surface area (Å²) in [4.78, 5) is 10.7. The number of phenols is 1. The summed E-state index contributed by atoms with van der Waals surface area (Å²) in [5.74, 6) is -0.957. The largest absolute Gasteiger partial charge is 0.550 e. The van der Waals surface area contributed by atoms with Gasteiger partial charge in [-0.3, -0.25) is 0 Å². The standard InChI is InChI=1S/C11H12O4/c1-6(11(13)14)10-5-7-4-8(12)2-3-9(7)15-10/h2-4,6,10,12H,5H2,1H3,(H,13,14)/p-1. The third-order valence-corrected chi connectivity index (χ3v) is 2.67. The number of hydrogen-bond acceptors (Lipinski definition) is 4. The van der Waals surface area contributed by atoms with Crippen molar-refractivity contribution in [3.05, 3.63) is 23.8 Å². The molecule has 1 N–H and O–H groups in total. The van der Waals surface area contributed by atoms with Gasteiger partial charge in [-0.25, -0.2) is 0 Å². The van der Waals surface area contributed by atoms with Crippen LogP contribution in [-0.2, 0) is 11.2 Å². The molecule has 15 heavy (non-hydrogen) atoms. The van der Waals surface area contributed by atoms with E-state index in [0.717, 1.165) is 5.56 Å². The Bertz CT molecular complexity index is 400. The van der Waals surface area contributed by atoms with E-state index in [4.69, 9.17) is 4.74 Å². The van der Waals surface area contributed by atoms with E-state index in [1.807, 2.05) is 0 Å². The smallest absolute Gasteiger partial charge is 0.123 e.